The zero-order valence-electron chi connectivity index (χ0n) is 11.5. The molecule has 0 unspecified atom stereocenters. The molecular formula is C12H19N7O. The van der Waals surface area contributed by atoms with Crippen molar-refractivity contribution in [2.24, 2.45) is 5.73 Å². The minimum Gasteiger partial charge on any atom is -0.343 e. The van der Waals surface area contributed by atoms with E-state index in [1.807, 2.05) is 10.8 Å². The number of nitrogens with two attached hydrogens (primary N) is 1. The van der Waals surface area contributed by atoms with Gasteiger partial charge in [0, 0.05) is 25.5 Å². The normalized spacial score (nSPS) is 10.7. The highest BCUT2D eigenvalue weighted by Gasteiger charge is 2.11. The summed E-state index contributed by atoms with van der Waals surface area (Å²) in [6.45, 7) is 4.35. The Morgan fingerprint density at radius 3 is 3.05 bits per heavy atom. The maximum Gasteiger partial charge on any atom is 0.273 e. The number of amides is 1. The summed E-state index contributed by atoms with van der Waals surface area (Å²) in [5, 5.41) is 10.4. The molecule has 0 radical (unpaired) electrons. The number of imidazole rings is 1. The summed E-state index contributed by atoms with van der Waals surface area (Å²) in [4.78, 5) is 16.2. The van der Waals surface area contributed by atoms with Crippen molar-refractivity contribution in [3.05, 3.63) is 30.1 Å². The molecule has 8 heteroatoms. The molecule has 2 rings (SSSR count). The molecule has 0 fully saturated rings. The van der Waals surface area contributed by atoms with Gasteiger partial charge in [-0.25, -0.2) is 4.98 Å². The number of aryl methyl sites for hydroxylation is 1. The quantitative estimate of drug-likeness (QED) is 0.727. The first-order valence-electron chi connectivity index (χ1n) is 6.63. The lowest BCUT2D eigenvalue weighted by Gasteiger charge is -2.06. The van der Waals surface area contributed by atoms with Gasteiger partial charge in [-0.05, 0) is 6.42 Å². The number of hydrogen-bond donors (Lipinski definition) is 2. The van der Waals surface area contributed by atoms with Crippen LogP contribution in [0.15, 0.2) is 18.6 Å². The zero-order valence-corrected chi connectivity index (χ0v) is 11.5. The maximum atomic E-state index is 11.9. The second-order valence-corrected chi connectivity index (χ2v) is 4.38. The fraction of sp³-hybridized carbons (Fsp3) is 0.500. The van der Waals surface area contributed by atoms with Gasteiger partial charge >= 0.3 is 0 Å². The first-order chi connectivity index (χ1) is 9.74. The topological polar surface area (TPSA) is 104 Å². The van der Waals surface area contributed by atoms with Crippen LogP contribution in [0.25, 0.3) is 0 Å². The molecule has 0 saturated heterocycles. The predicted octanol–water partition coefficient (Wildman–Crippen LogP) is -0.227. The Morgan fingerprint density at radius 2 is 2.30 bits per heavy atom. The van der Waals surface area contributed by atoms with Crippen LogP contribution in [0.1, 0.15) is 29.7 Å². The van der Waals surface area contributed by atoms with Gasteiger partial charge in [0.15, 0.2) is 5.69 Å². The van der Waals surface area contributed by atoms with Crippen molar-refractivity contribution in [1.82, 2.24) is 29.9 Å². The smallest absolute Gasteiger partial charge is 0.273 e. The Bertz CT molecular complexity index is 560. The second-order valence-electron chi connectivity index (χ2n) is 4.38. The van der Waals surface area contributed by atoms with E-state index in [1.165, 1.54) is 0 Å². The molecular weight excluding hydrogens is 258 g/mol. The monoisotopic (exact) mass is 277 g/mol. The summed E-state index contributed by atoms with van der Waals surface area (Å²) >= 11 is 0. The van der Waals surface area contributed by atoms with Gasteiger partial charge in [0.1, 0.15) is 5.82 Å². The van der Waals surface area contributed by atoms with Crippen molar-refractivity contribution in [1.29, 1.82) is 0 Å². The maximum absolute atomic E-state index is 11.9. The van der Waals surface area contributed by atoms with E-state index in [4.69, 9.17) is 5.73 Å². The molecule has 3 N–H and O–H groups in total. The number of rotatable bonds is 7. The molecule has 0 spiro atoms. The van der Waals surface area contributed by atoms with Gasteiger partial charge in [0.2, 0.25) is 0 Å². The first-order valence-corrected chi connectivity index (χ1v) is 6.63. The van der Waals surface area contributed by atoms with E-state index in [9.17, 15) is 4.79 Å². The van der Waals surface area contributed by atoms with Gasteiger partial charge < -0.3 is 15.6 Å². The average molecular weight is 277 g/mol. The third-order valence-corrected chi connectivity index (χ3v) is 2.80. The van der Waals surface area contributed by atoms with Gasteiger partial charge in [0.05, 0.1) is 19.3 Å². The molecule has 0 aromatic carbocycles. The number of aromatic nitrogens is 5. The number of carbonyl (C=O) groups is 1. The SMILES string of the molecule is CCCn1ccnc1CNC(=O)c1cn(CCN)nn1. The fourth-order valence-electron chi connectivity index (χ4n) is 1.85. The van der Waals surface area contributed by atoms with Crippen molar-refractivity contribution < 1.29 is 4.79 Å². The lowest BCUT2D eigenvalue weighted by molar-refractivity contribution is 0.0944. The fourth-order valence-corrected chi connectivity index (χ4v) is 1.85. The highest BCUT2D eigenvalue weighted by molar-refractivity contribution is 5.91. The van der Waals surface area contributed by atoms with Crippen molar-refractivity contribution >= 4 is 5.91 Å². The minimum atomic E-state index is -0.265. The number of nitrogens with zero attached hydrogens (tertiary/aromatic N) is 5. The molecule has 0 aliphatic heterocycles. The molecule has 1 amide bonds. The van der Waals surface area contributed by atoms with Crippen molar-refractivity contribution in [3.63, 3.8) is 0 Å². The second kappa shape index (κ2) is 6.80. The average Bonchev–Trinajstić information content (AvgIpc) is 3.06. The summed E-state index contributed by atoms with van der Waals surface area (Å²) in [5.41, 5.74) is 5.70. The summed E-state index contributed by atoms with van der Waals surface area (Å²) < 4.78 is 3.57. The number of carbonyl (C=O) groups excluding carboxylic acids is 1. The number of nitrogens with one attached hydrogen (secondary N) is 1. The van der Waals surface area contributed by atoms with E-state index in [-0.39, 0.29) is 11.6 Å². The van der Waals surface area contributed by atoms with Crippen molar-refractivity contribution in [3.8, 4) is 0 Å². The van der Waals surface area contributed by atoms with E-state index in [0.29, 0.717) is 19.6 Å². The van der Waals surface area contributed by atoms with Crippen LogP contribution in [0, 0.1) is 0 Å². The molecule has 2 aromatic heterocycles. The van der Waals surface area contributed by atoms with E-state index in [2.05, 4.69) is 27.5 Å². The number of hydrogen-bond acceptors (Lipinski definition) is 5. The Kier molecular flexibility index (Phi) is 4.83. The highest BCUT2D eigenvalue weighted by Crippen LogP contribution is 2.00. The summed E-state index contributed by atoms with van der Waals surface area (Å²) in [7, 11) is 0. The van der Waals surface area contributed by atoms with Gasteiger partial charge in [0.25, 0.3) is 5.91 Å². The molecule has 108 valence electrons. The Morgan fingerprint density at radius 1 is 1.45 bits per heavy atom. The van der Waals surface area contributed by atoms with Crippen LogP contribution in [-0.4, -0.2) is 37.0 Å². The molecule has 2 heterocycles. The molecule has 0 aliphatic carbocycles. The summed E-state index contributed by atoms with van der Waals surface area (Å²) in [5.74, 6) is 0.564. The Labute approximate surface area is 117 Å². The van der Waals surface area contributed by atoms with Crippen molar-refractivity contribution in [2.75, 3.05) is 6.54 Å². The van der Waals surface area contributed by atoms with E-state index in [0.717, 1.165) is 18.8 Å². The summed E-state index contributed by atoms with van der Waals surface area (Å²) in [6, 6.07) is 0. The Balaban J connectivity index is 1.92. The molecule has 20 heavy (non-hydrogen) atoms. The van der Waals surface area contributed by atoms with Gasteiger partial charge in [-0.2, -0.15) is 0 Å². The van der Waals surface area contributed by atoms with Crippen LogP contribution in [0.3, 0.4) is 0 Å². The van der Waals surface area contributed by atoms with E-state index < -0.39 is 0 Å². The van der Waals surface area contributed by atoms with Gasteiger partial charge in [-0.1, -0.05) is 12.1 Å². The molecule has 0 bridgehead atoms. The van der Waals surface area contributed by atoms with Crippen LogP contribution in [0.4, 0.5) is 0 Å². The van der Waals surface area contributed by atoms with Crippen LogP contribution >= 0.6 is 0 Å². The highest BCUT2D eigenvalue weighted by atomic mass is 16.2. The zero-order chi connectivity index (χ0) is 14.4. The van der Waals surface area contributed by atoms with Crippen LogP contribution in [0.5, 0.6) is 0 Å². The molecule has 2 aromatic rings. The van der Waals surface area contributed by atoms with Crippen LogP contribution in [0.2, 0.25) is 0 Å². The molecule has 8 nitrogen and oxygen atoms in total. The van der Waals surface area contributed by atoms with E-state index >= 15 is 0 Å². The first kappa shape index (κ1) is 14.2. The van der Waals surface area contributed by atoms with Crippen LogP contribution < -0.4 is 11.1 Å². The third kappa shape index (κ3) is 3.41. The predicted molar refractivity (Wildman–Crippen MR) is 72.8 cm³/mol. The van der Waals surface area contributed by atoms with Gasteiger partial charge in [-0.3, -0.25) is 9.48 Å². The lowest BCUT2D eigenvalue weighted by atomic mass is 10.4. The van der Waals surface area contributed by atoms with Gasteiger partial charge in [-0.15, -0.1) is 5.10 Å². The Hall–Kier alpha value is -2.22. The van der Waals surface area contributed by atoms with Crippen LogP contribution in [-0.2, 0) is 19.6 Å². The standard InChI is InChI=1S/C12H19N7O/c1-2-5-18-7-4-14-11(18)8-15-12(20)10-9-19(6-3-13)17-16-10/h4,7,9H,2-3,5-6,8,13H2,1H3,(H,15,20). The van der Waals surface area contributed by atoms with E-state index in [1.54, 1.807) is 17.1 Å². The summed E-state index contributed by atoms with van der Waals surface area (Å²) in [6.07, 6.45) is 6.24. The molecule has 0 aliphatic rings. The lowest BCUT2D eigenvalue weighted by Crippen LogP contribution is -2.25. The molecule has 0 atom stereocenters. The largest absolute Gasteiger partial charge is 0.343 e. The minimum absolute atomic E-state index is 0.265. The van der Waals surface area contributed by atoms with Crippen molar-refractivity contribution in [2.45, 2.75) is 33.0 Å². The third-order valence-electron chi connectivity index (χ3n) is 2.80. The molecule has 0 saturated carbocycles.